The number of methoxy groups -OCH3 is 1. The third-order valence-corrected chi connectivity index (χ3v) is 6.05. The van der Waals surface area contributed by atoms with Crippen molar-refractivity contribution in [1.29, 1.82) is 0 Å². The summed E-state index contributed by atoms with van der Waals surface area (Å²) in [6.45, 7) is 6.37. The van der Waals surface area contributed by atoms with Crippen molar-refractivity contribution in [3.63, 3.8) is 0 Å². The van der Waals surface area contributed by atoms with Crippen molar-refractivity contribution in [2.45, 2.75) is 32.6 Å². The van der Waals surface area contributed by atoms with E-state index in [9.17, 15) is 14.4 Å². The number of carbonyl (C=O) groups is 3. The van der Waals surface area contributed by atoms with Crippen LogP contribution >= 0.6 is 0 Å². The van der Waals surface area contributed by atoms with Gasteiger partial charge in [-0.1, -0.05) is 6.58 Å². The van der Waals surface area contributed by atoms with E-state index in [0.717, 1.165) is 37.3 Å². The molecular weight excluding hydrogens is 580 g/mol. The zero-order valence-corrected chi connectivity index (χ0v) is 25.3. The van der Waals surface area contributed by atoms with E-state index in [1.54, 1.807) is 73.7 Å². The quantitative estimate of drug-likeness (QED) is 0.0314. The third-order valence-electron chi connectivity index (χ3n) is 6.05. The van der Waals surface area contributed by atoms with Crippen LogP contribution in [0.25, 0.3) is 0 Å². The Morgan fingerprint density at radius 2 is 1.42 bits per heavy atom. The van der Waals surface area contributed by atoms with Gasteiger partial charge in [-0.3, -0.25) is 0 Å². The second-order valence-corrected chi connectivity index (χ2v) is 9.34. The lowest BCUT2D eigenvalue weighted by atomic mass is 10.1. The fraction of sp³-hybridized carbons (Fsp3) is 0.265. The molecule has 11 heteroatoms. The van der Waals surface area contributed by atoms with E-state index in [1.165, 1.54) is 19.5 Å². The zero-order valence-electron chi connectivity index (χ0n) is 25.3. The Bertz CT molecular complexity index is 1470. The molecule has 0 heterocycles. The van der Waals surface area contributed by atoms with Crippen molar-refractivity contribution in [2.24, 2.45) is 10.2 Å². The van der Waals surface area contributed by atoms with Crippen molar-refractivity contribution >= 4 is 30.3 Å². The molecule has 0 saturated heterocycles. The van der Waals surface area contributed by atoms with Gasteiger partial charge in [-0.2, -0.15) is 15.1 Å². The first-order chi connectivity index (χ1) is 21.9. The van der Waals surface area contributed by atoms with E-state index in [1.807, 2.05) is 0 Å². The van der Waals surface area contributed by atoms with E-state index in [-0.39, 0.29) is 11.3 Å². The van der Waals surface area contributed by atoms with Gasteiger partial charge in [0.1, 0.15) is 17.1 Å². The van der Waals surface area contributed by atoms with Crippen LogP contribution in [0.1, 0.15) is 64.4 Å². The van der Waals surface area contributed by atoms with Gasteiger partial charge < -0.3 is 23.8 Å². The Hall–Kier alpha value is -5.29. The number of rotatable bonds is 18. The average molecular weight is 617 g/mol. The van der Waals surface area contributed by atoms with Crippen LogP contribution in [-0.2, 0) is 19.2 Å². The molecule has 3 rings (SSSR count). The van der Waals surface area contributed by atoms with Gasteiger partial charge in [0.2, 0.25) is 0 Å². The number of unbranched alkanes of at least 4 members (excludes halogenated alkanes) is 3. The molecule has 0 unspecified atom stereocenters. The Morgan fingerprint density at radius 1 is 0.778 bits per heavy atom. The van der Waals surface area contributed by atoms with E-state index in [2.05, 4.69) is 16.8 Å². The number of hydrogen-bond donors (Lipinski definition) is 0. The molecule has 0 aromatic heterocycles. The maximum Gasteiger partial charge on any atom is 0.343 e. The molecule has 0 aliphatic carbocycles. The highest BCUT2D eigenvalue weighted by Gasteiger charge is 2.15. The van der Waals surface area contributed by atoms with Crippen LogP contribution in [0.4, 0.5) is 0 Å². The minimum atomic E-state index is -0.572. The Labute approximate surface area is 262 Å². The summed E-state index contributed by atoms with van der Waals surface area (Å²) in [7, 11) is 1.28. The zero-order chi connectivity index (χ0) is 32.3. The normalized spacial score (nSPS) is 10.9. The Balaban J connectivity index is 1.42. The molecule has 0 aliphatic rings. The van der Waals surface area contributed by atoms with Gasteiger partial charge in [0, 0.05) is 6.08 Å². The second-order valence-electron chi connectivity index (χ2n) is 9.34. The molecule has 0 radical (unpaired) electrons. The molecule has 0 N–H and O–H groups in total. The number of ether oxygens (including phenoxy) is 4. The second kappa shape index (κ2) is 19.1. The largest absolute Gasteiger partial charge is 0.494 e. The average Bonchev–Trinajstić information content (AvgIpc) is 3.07. The minimum absolute atomic E-state index is 0.193. The van der Waals surface area contributed by atoms with Crippen molar-refractivity contribution in [2.75, 3.05) is 26.9 Å². The first-order valence-electron chi connectivity index (χ1n) is 14.4. The third kappa shape index (κ3) is 12.1. The number of benzene rings is 3. The first kappa shape index (κ1) is 34.2. The molecule has 0 bridgehead atoms. The maximum absolute atomic E-state index is 12.6. The van der Waals surface area contributed by atoms with Crippen molar-refractivity contribution in [3.05, 3.63) is 102 Å². The molecule has 11 nitrogen and oxygen atoms in total. The van der Waals surface area contributed by atoms with Gasteiger partial charge >= 0.3 is 17.9 Å². The topological polar surface area (TPSA) is 131 Å². The summed E-state index contributed by atoms with van der Waals surface area (Å²) in [4.78, 5) is 45.7. The molecule has 0 saturated carbocycles. The van der Waals surface area contributed by atoms with Crippen molar-refractivity contribution < 1.29 is 43.1 Å². The first-order valence-corrected chi connectivity index (χ1v) is 14.4. The lowest BCUT2D eigenvalue weighted by Gasteiger charge is -2.08. The molecule has 0 fully saturated rings. The van der Waals surface area contributed by atoms with Gasteiger partial charge in [-0.15, -0.1) is 0 Å². The lowest BCUT2D eigenvalue weighted by molar-refractivity contribution is -0.202. The summed E-state index contributed by atoms with van der Waals surface area (Å²) in [5.74, 6) is -0.192. The molecule has 45 heavy (non-hydrogen) atoms. The fourth-order valence-electron chi connectivity index (χ4n) is 3.75. The van der Waals surface area contributed by atoms with E-state index >= 15 is 0 Å². The van der Waals surface area contributed by atoms with Crippen LogP contribution in [-0.4, -0.2) is 57.3 Å². The summed E-state index contributed by atoms with van der Waals surface area (Å²) in [5.41, 5.74) is 1.93. The fourth-order valence-corrected chi connectivity index (χ4v) is 3.75. The number of carbonyl (C=O) groups excluding carboxylic acids is 3. The predicted molar refractivity (Wildman–Crippen MR) is 168 cm³/mol. The van der Waals surface area contributed by atoms with Gasteiger partial charge in [0.25, 0.3) is 0 Å². The molecule has 0 atom stereocenters. The van der Waals surface area contributed by atoms with E-state index < -0.39 is 17.9 Å². The van der Waals surface area contributed by atoms with Gasteiger partial charge in [-0.05, 0) is 110 Å². The summed E-state index contributed by atoms with van der Waals surface area (Å²) in [6, 6.07) is 18.4. The highest BCUT2D eigenvalue weighted by atomic mass is 17.2. The van der Waals surface area contributed by atoms with Crippen molar-refractivity contribution in [3.8, 4) is 17.2 Å². The molecule has 3 aromatic carbocycles. The number of esters is 3. The Kier molecular flexibility index (Phi) is 14.5. The molecule has 0 aliphatic heterocycles. The van der Waals surface area contributed by atoms with Crippen molar-refractivity contribution in [1.82, 2.24) is 0 Å². The van der Waals surface area contributed by atoms with Crippen LogP contribution in [0.5, 0.6) is 17.2 Å². The van der Waals surface area contributed by atoms with Crippen LogP contribution in [0.15, 0.2) is 89.6 Å². The highest BCUT2D eigenvalue weighted by molar-refractivity contribution is 5.95. The van der Waals surface area contributed by atoms with Crippen LogP contribution in [0.3, 0.4) is 0 Å². The highest BCUT2D eigenvalue weighted by Crippen LogP contribution is 2.21. The van der Waals surface area contributed by atoms with Gasteiger partial charge in [0.15, 0.2) is 5.75 Å². The minimum Gasteiger partial charge on any atom is -0.494 e. The standard InChI is InChI=1S/C34H36N2O9/c1-4-32(37)42-21-9-7-6-8-20-41-28-17-13-27(14-18-28)33(38)44-29-15-10-25(11-16-29)23-35-36-24-26-12-19-31(45-43-5-2)30(22-26)34(39)40-3/h4,10-19,22-24H,1,5-9,20-21H2,2-3H3/b35-23+,36-24+. The SMILES string of the molecule is C=CC(=O)OCCCCCCOc1ccc(C(=O)Oc2ccc(/C=N/N=C/c3ccc(OOCC)c(C(=O)OC)c3)cc2)cc1. The molecular formula is C34H36N2O9. The maximum atomic E-state index is 12.6. The summed E-state index contributed by atoms with van der Waals surface area (Å²) >= 11 is 0. The monoisotopic (exact) mass is 616 g/mol. The van der Waals surface area contributed by atoms with Crippen LogP contribution < -0.4 is 14.4 Å². The summed E-state index contributed by atoms with van der Waals surface area (Å²) < 4.78 is 20.9. The van der Waals surface area contributed by atoms with E-state index in [4.69, 9.17) is 28.7 Å². The predicted octanol–water partition coefficient (Wildman–Crippen LogP) is 6.14. The molecule has 3 aromatic rings. The number of nitrogens with zero attached hydrogens (tertiary/aromatic N) is 2. The van der Waals surface area contributed by atoms with Crippen LogP contribution in [0, 0.1) is 0 Å². The van der Waals surface area contributed by atoms with E-state index in [0.29, 0.717) is 42.4 Å². The Morgan fingerprint density at radius 3 is 2.09 bits per heavy atom. The smallest absolute Gasteiger partial charge is 0.343 e. The van der Waals surface area contributed by atoms with Gasteiger partial charge in [-0.25, -0.2) is 14.4 Å². The number of hydrogen-bond acceptors (Lipinski definition) is 11. The molecule has 0 spiro atoms. The molecule has 236 valence electrons. The molecule has 0 amide bonds. The summed E-state index contributed by atoms with van der Waals surface area (Å²) in [6.07, 6.45) is 7.72. The van der Waals surface area contributed by atoms with Crippen LogP contribution in [0.2, 0.25) is 0 Å². The van der Waals surface area contributed by atoms with Gasteiger partial charge in [0.05, 0.1) is 44.9 Å². The lowest BCUT2D eigenvalue weighted by Crippen LogP contribution is -2.08. The summed E-state index contributed by atoms with van der Waals surface area (Å²) in [5, 5.41) is 8.06.